The first-order chi connectivity index (χ1) is 4.06. The van der Waals surface area contributed by atoms with E-state index >= 15 is 0 Å². The van der Waals surface area contributed by atoms with Gasteiger partial charge in [-0.2, -0.15) is 8.78 Å². The van der Waals surface area contributed by atoms with Crippen LogP contribution in [0.2, 0.25) is 0 Å². The highest BCUT2D eigenvalue weighted by Crippen LogP contribution is 2.16. The predicted molar refractivity (Wildman–Crippen MR) is 33.5 cm³/mol. The van der Waals surface area contributed by atoms with Crippen molar-refractivity contribution in [1.82, 2.24) is 0 Å². The molecule has 0 aliphatic rings. The van der Waals surface area contributed by atoms with Crippen molar-refractivity contribution in [2.24, 2.45) is 0 Å². The van der Waals surface area contributed by atoms with E-state index in [0.29, 0.717) is 6.42 Å². The molecule has 0 spiro atoms. The molecule has 0 N–H and O–H groups in total. The molecule has 52 valence electrons. The highest BCUT2D eigenvalue weighted by Gasteiger charge is 2.19. The van der Waals surface area contributed by atoms with Gasteiger partial charge in [-0.15, -0.1) is 0 Å². The number of unbranched alkanes of at least 4 members (excludes halogenated alkanes) is 1. The molecule has 0 saturated carbocycles. The molecule has 0 aliphatic carbocycles. The summed E-state index contributed by atoms with van der Waals surface area (Å²) >= 11 is 4.46. The Morgan fingerprint density at radius 1 is 1.56 bits per heavy atom. The molecule has 0 amide bonds. The van der Waals surface area contributed by atoms with Crippen LogP contribution in [0.4, 0.5) is 8.78 Å². The average molecular weight is 153 g/mol. The second-order valence-corrected chi connectivity index (χ2v) is 2.02. The molecule has 0 fully saturated rings. The zero-order valence-corrected chi connectivity index (χ0v) is 5.80. The molecule has 0 nitrogen and oxygen atoms in total. The topological polar surface area (TPSA) is 0 Å². The van der Waals surface area contributed by atoms with Gasteiger partial charge in [-0.05, 0) is 23.9 Å². The lowest BCUT2D eigenvalue weighted by Gasteiger charge is -1.92. The highest BCUT2D eigenvalue weighted by molar-refractivity contribution is 6.23. The van der Waals surface area contributed by atoms with Crippen LogP contribution in [0.15, 0.2) is 0 Å². The summed E-state index contributed by atoms with van der Waals surface area (Å²) in [4.78, 5) is 0. The zero-order valence-electron chi connectivity index (χ0n) is 5.05. The van der Waals surface area contributed by atoms with Crippen molar-refractivity contribution in [2.45, 2.75) is 25.1 Å². The van der Waals surface area contributed by atoms with Gasteiger partial charge in [-0.1, -0.05) is 12.8 Å². The van der Waals surface area contributed by atoms with Gasteiger partial charge >= 0.3 is 5.38 Å². The van der Waals surface area contributed by atoms with E-state index < -0.39 is 5.38 Å². The third-order valence-electron chi connectivity index (χ3n) is 0.605. The Hall–Kier alpha value is -0.290. The molecule has 0 radical (unpaired) electrons. The summed E-state index contributed by atoms with van der Waals surface area (Å²) in [7, 11) is 0. The van der Waals surface area contributed by atoms with Crippen molar-refractivity contribution in [3.8, 4) is 11.8 Å². The van der Waals surface area contributed by atoms with Crippen molar-refractivity contribution >= 4 is 11.6 Å². The lowest BCUT2D eigenvalue weighted by molar-refractivity contribution is 0.164. The van der Waals surface area contributed by atoms with Crippen LogP contribution in [-0.2, 0) is 0 Å². The number of hydrogen-bond acceptors (Lipinski definition) is 0. The Kier molecular flexibility index (Phi) is 3.56. The van der Waals surface area contributed by atoms with Gasteiger partial charge in [0.25, 0.3) is 0 Å². The SMILES string of the molecule is CCCC#CC(F)(F)Cl. The first-order valence-corrected chi connectivity index (χ1v) is 3.01. The number of alkyl halides is 3. The zero-order chi connectivity index (χ0) is 7.33. The summed E-state index contributed by atoms with van der Waals surface area (Å²) in [5.41, 5.74) is 0. The number of rotatable bonds is 1. The lowest BCUT2D eigenvalue weighted by Crippen LogP contribution is -1.98. The smallest absolute Gasteiger partial charge is 0.175 e. The fraction of sp³-hybridized carbons (Fsp3) is 0.667. The molecule has 0 aromatic carbocycles. The monoisotopic (exact) mass is 152 g/mol. The van der Waals surface area contributed by atoms with E-state index in [0.717, 1.165) is 6.42 Å². The molecule has 9 heavy (non-hydrogen) atoms. The molecular formula is C6H7ClF2. The van der Waals surface area contributed by atoms with Crippen LogP contribution in [0.25, 0.3) is 0 Å². The molecule has 0 aliphatic heterocycles. The Balaban J connectivity index is 3.59. The molecule has 0 atom stereocenters. The van der Waals surface area contributed by atoms with E-state index in [1.807, 2.05) is 6.92 Å². The van der Waals surface area contributed by atoms with Crippen LogP contribution in [0, 0.1) is 11.8 Å². The second-order valence-electron chi connectivity index (χ2n) is 1.55. The Morgan fingerprint density at radius 3 is 2.44 bits per heavy atom. The van der Waals surface area contributed by atoms with Crippen LogP contribution < -0.4 is 0 Å². The van der Waals surface area contributed by atoms with Gasteiger partial charge in [-0.25, -0.2) is 0 Å². The lowest BCUT2D eigenvalue weighted by atomic mass is 10.3. The Bertz CT molecular complexity index is 126. The molecule has 0 bridgehead atoms. The average Bonchev–Trinajstić information content (AvgIpc) is 1.63. The van der Waals surface area contributed by atoms with Gasteiger partial charge in [0.1, 0.15) is 0 Å². The minimum absolute atomic E-state index is 0.475. The predicted octanol–water partition coefficient (Wildman–Crippen LogP) is 2.62. The third-order valence-corrected chi connectivity index (χ3v) is 0.700. The first kappa shape index (κ1) is 8.71. The van der Waals surface area contributed by atoms with Crippen molar-refractivity contribution < 1.29 is 8.78 Å². The molecule has 0 saturated heterocycles. The molecule has 0 unspecified atom stereocenters. The van der Waals surface area contributed by atoms with Crippen LogP contribution in [-0.4, -0.2) is 5.38 Å². The van der Waals surface area contributed by atoms with Crippen LogP contribution in [0.1, 0.15) is 19.8 Å². The first-order valence-electron chi connectivity index (χ1n) is 2.63. The summed E-state index contributed by atoms with van der Waals surface area (Å²) in [6.07, 6.45) is 1.25. The fourth-order valence-electron chi connectivity index (χ4n) is 0.288. The molecule has 0 heterocycles. The Labute approximate surface area is 58.2 Å². The minimum atomic E-state index is -3.34. The van der Waals surface area contributed by atoms with Crippen LogP contribution in [0.5, 0.6) is 0 Å². The van der Waals surface area contributed by atoms with Gasteiger partial charge in [0.2, 0.25) is 0 Å². The van der Waals surface area contributed by atoms with Crippen molar-refractivity contribution in [1.29, 1.82) is 0 Å². The normalized spacial score (nSPS) is 10.2. The maximum Gasteiger partial charge on any atom is 0.385 e. The summed E-state index contributed by atoms with van der Waals surface area (Å²) in [6, 6.07) is 0. The maximum absolute atomic E-state index is 11.6. The molecule has 0 aromatic heterocycles. The van der Waals surface area contributed by atoms with Crippen molar-refractivity contribution in [3.05, 3.63) is 0 Å². The number of halogens is 3. The standard InChI is InChI=1S/C6H7ClF2/c1-2-3-4-5-6(7,8)9/h2-3H2,1H3. The van der Waals surface area contributed by atoms with Gasteiger partial charge < -0.3 is 0 Å². The number of hydrogen-bond donors (Lipinski definition) is 0. The maximum atomic E-state index is 11.6. The van der Waals surface area contributed by atoms with Gasteiger partial charge in [0, 0.05) is 6.42 Å². The molecule has 0 rings (SSSR count). The van der Waals surface area contributed by atoms with E-state index in [9.17, 15) is 8.78 Å². The second kappa shape index (κ2) is 3.68. The molecule has 0 aromatic rings. The molecule has 3 heteroatoms. The van der Waals surface area contributed by atoms with E-state index in [2.05, 4.69) is 17.5 Å². The van der Waals surface area contributed by atoms with Crippen molar-refractivity contribution in [2.75, 3.05) is 0 Å². The van der Waals surface area contributed by atoms with E-state index in [-0.39, 0.29) is 0 Å². The van der Waals surface area contributed by atoms with Gasteiger partial charge in [-0.3, -0.25) is 0 Å². The van der Waals surface area contributed by atoms with Gasteiger partial charge in [0.15, 0.2) is 0 Å². The van der Waals surface area contributed by atoms with Crippen LogP contribution in [0.3, 0.4) is 0 Å². The highest BCUT2D eigenvalue weighted by atomic mass is 35.5. The molecular weight excluding hydrogens is 146 g/mol. The summed E-state index contributed by atoms with van der Waals surface area (Å²) < 4.78 is 23.3. The summed E-state index contributed by atoms with van der Waals surface area (Å²) in [5.74, 6) is 3.85. The van der Waals surface area contributed by atoms with Gasteiger partial charge in [0.05, 0.1) is 0 Å². The summed E-state index contributed by atoms with van der Waals surface area (Å²) in [6.45, 7) is 1.86. The quantitative estimate of drug-likeness (QED) is 0.400. The summed E-state index contributed by atoms with van der Waals surface area (Å²) in [5, 5.41) is -3.34. The van der Waals surface area contributed by atoms with E-state index in [1.54, 1.807) is 5.92 Å². The van der Waals surface area contributed by atoms with E-state index in [1.165, 1.54) is 0 Å². The Morgan fingerprint density at radius 2 is 2.11 bits per heavy atom. The fourth-order valence-corrected chi connectivity index (χ4v) is 0.355. The largest absolute Gasteiger partial charge is 0.385 e. The minimum Gasteiger partial charge on any atom is -0.175 e. The van der Waals surface area contributed by atoms with Crippen molar-refractivity contribution in [3.63, 3.8) is 0 Å². The van der Waals surface area contributed by atoms with E-state index in [4.69, 9.17) is 0 Å². The van der Waals surface area contributed by atoms with Crippen LogP contribution >= 0.6 is 11.6 Å². The third kappa shape index (κ3) is 7.71.